The lowest BCUT2D eigenvalue weighted by atomic mass is 9.57. The maximum absolute atomic E-state index is 15.7. The number of carbonyl (C=O) groups excluding carboxylic acids is 1. The largest absolute Gasteiger partial charge is 0.481 e. The first-order chi connectivity index (χ1) is 21.4. The molecular weight excluding hydrogens is 599 g/mol. The van der Waals surface area contributed by atoms with E-state index in [9.17, 15) is 13.2 Å². The van der Waals surface area contributed by atoms with Crippen LogP contribution in [0.2, 0.25) is 0 Å². The molecule has 2 aliphatic rings. The van der Waals surface area contributed by atoms with Crippen LogP contribution in [0.5, 0.6) is 11.8 Å². The van der Waals surface area contributed by atoms with E-state index in [2.05, 4.69) is 25.0 Å². The number of amides is 1. The summed E-state index contributed by atoms with van der Waals surface area (Å²) in [5.41, 5.74) is 2.57. The van der Waals surface area contributed by atoms with Crippen LogP contribution in [0.25, 0.3) is 22.0 Å². The topological polar surface area (TPSA) is 136 Å². The molecule has 1 saturated carbocycles. The molecule has 0 saturated heterocycles. The van der Waals surface area contributed by atoms with Gasteiger partial charge in [0.05, 0.1) is 36.2 Å². The van der Waals surface area contributed by atoms with Crippen molar-refractivity contribution >= 4 is 38.2 Å². The van der Waals surface area contributed by atoms with E-state index < -0.39 is 21.3 Å². The van der Waals surface area contributed by atoms with E-state index in [1.165, 1.54) is 18.3 Å². The molecular formula is C32H35FN6O5S. The van der Waals surface area contributed by atoms with Crippen molar-refractivity contribution in [2.24, 2.45) is 0 Å². The van der Waals surface area contributed by atoms with E-state index in [1.54, 1.807) is 37.4 Å². The minimum Gasteiger partial charge on any atom is -0.481 e. The third-order valence-corrected chi connectivity index (χ3v) is 8.99. The van der Waals surface area contributed by atoms with E-state index in [-0.39, 0.29) is 41.6 Å². The summed E-state index contributed by atoms with van der Waals surface area (Å²) < 4.78 is 53.6. The van der Waals surface area contributed by atoms with Gasteiger partial charge in [-0.25, -0.2) is 22.8 Å². The number of fused-ring (bicyclic) bond motifs is 4. The van der Waals surface area contributed by atoms with Crippen LogP contribution >= 0.6 is 0 Å². The van der Waals surface area contributed by atoms with Crippen molar-refractivity contribution in [1.82, 2.24) is 20.3 Å². The molecule has 1 aliphatic carbocycles. The van der Waals surface area contributed by atoms with Crippen molar-refractivity contribution < 1.29 is 27.1 Å². The summed E-state index contributed by atoms with van der Waals surface area (Å²) >= 11 is 0. The molecule has 45 heavy (non-hydrogen) atoms. The van der Waals surface area contributed by atoms with Gasteiger partial charge in [0.15, 0.2) is 0 Å². The summed E-state index contributed by atoms with van der Waals surface area (Å²) in [7, 11) is -0.400. The lowest BCUT2D eigenvalue weighted by Gasteiger charge is -2.44. The summed E-state index contributed by atoms with van der Waals surface area (Å²) in [6.45, 7) is 4.79. The van der Waals surface area contributed by atoms with Crippen LogP contribution in [0.1, 0.15) is 43.9 Å². The second-order valence-corrected chi connectivity index (χ2v) is 13.7. The number of nitrogens with one attached hydrogen (secondary N) is 2. The molecule has 0 unspecified atom stereocenters. The lowest BCUT2D eigenvalue weighted by molar-refractivity contribution is -0.126. The molecule has 1 aromatic carbocycles. The number of sulfonamides is 1. The van der Waals surface area contributed by atoms with Gasteiger partial charge in [-0.15, -0.1) is 0 Å². The van der Waals surface area contributed by atoms with Crippen molar-refractivity contribution in [3.05, 3.63) is 65.9 Å². The van der Waals surface area contributed by atoms with Crippen molar-refractivity contribution in [3.63, 3.8) is 0 Å². The molecule has 13 heteroatoms. The van der Waals surface area contributed by atoms with Crippen LogP contribution in [0.3, 0.4) is 0 Å². The third kappa shape index (κ3) is 5.66. The van der Waals surface area contributed by atoms with Crippen LogP contribution in [-0.2, 0) is 20.2 Å². The van der Waals surface area contributed by atoms with Crippen molar-refractivity contribution in [2.45, 2.75) is 44.1 Å². The first kappa shape index (κ1) is 30.7. The number of rotatable bonds is 10. The molecule has 3 aromatic heterocycles. The Morgan fingerprint density at radius 3 is 2.64 bits per heavy atom. The number of hydrogen-bond donors (Lipinski definition) is 2. The van der Waals surface area contributed by atoms with Crippen molar-refractivity contribution in [3.8, 4) is 22.9 Å². The second-order valence-electron chi connectivity index (χ2n) is 11.9. The molecule has 0 atom stereocenters. The Labute approximate surface area is 261 Å². The fourth-order valence-corrected chi connectivity index (χ4v) is 6.89. The molecule has 2 N–H and O–H groups in total. The number of anilines is 2. The molecule has 4 aromatic rings. The summed E-state index contributed by atoms with van der Waals surface area (Å²) in [6.07, 6.45) is 5.17. The summed E-state index contributed by atoms with van der Waals surface area (Å²) in [5, 5.41) is 3.87. The van der Waals surface area contributed by atoms with E-state index >= 15 is 4.39 Å². The van der Waals surface area contributed by atoms with Crippen LogP contribution < -0.4 is 24.4 Å². The predicted molar refractivity (Wildman–Crippen MR) is 170 cm³/mol. The molecule has 236 valence electrons. The quantitative estimate of drug-likeness (QED) is 0.244. The Balaban J connectivity index is 1.40. The Morgan fingerprint density at radius 2 is 1.93 bits per heavy atom. The second kappa shape index (κ2) is 11.5. The van der Waals surface area contributed by atoms with Gasteiger partial charge in [-0.1, -0.05) is 19.9 Å². The average Bonchev–Trinajstić information content (AvgIpc) is 3.20. The summed E-state index contributed by atoms with van der Waals surface area (Å²) in [6, 6.07) is 10.4. The molecule has 11 nitrogen and oxygen atoms in total. The van der Waals surface area contributed by atoms with Gasteiger partial charge in [0.2, 0.25) is 27.7 Å². The number of methoxy groups -OCH3 is 1. The Kier molecular flexibility index (Phi) is 7.86. The Bertz CT molecular complexity index is 1910. The molecule has 1 fully saturated rings. The van der Waals surface area contributed by atoms with Crippen LogP contribution in [0.4, 0.5) is 15.8 Å². The maximum atomic E-state index is 15.7. The zero-order valence-electron chi connectivity index (χ0n) is 25.7. The number of ether oxygens (including phenoxy) is 2. The normalized spacial score (nSPS) is 19.2. The smallest absolute Gasteiger partial charge is 0.238 e. The highest BCUT2D eigenvalue weighted by Gasteiger charge is 2.59. The highest BCUT2D eigenvalue weighted by Crippen LogP contribution is 2.60. The van der Waals surface area contributed by atoms with Gasteiger partial charge in [0.25, 0.3) is 0 Å². The van der Waals surface area contributed by atoms with E-state index in [1.807, 2.05) is 26.0 Å². The van der Waals surface area contributed by atoms with E-state index in [4.69, 9.17) is 9.47 Å². The van der Waals surface area contributed by atoms with Crippen molar-refractivity contribution in [1.29, 1.82) is 0 Å². The number of halogens is 1. The standard InChI is InChI=1S/C32H35FN6O5S/c1-18(2)34-9-10-44-30-26(38-45(5,41)42)11-19(16-36-30)21-12-22-25(13-23(21)33)35-17-27-29(22)32(31(40)39(27)3)14-20(15-32)24-7-6-8-28(37-24)43-4/h6-8,11-13,16-18,20,34,38H,9-10,14-15H2,1-5H3. The number of likely N-dealkylation sites (N-methyl/N-ethyl adjacent to an activating group) is 1. The fourth-order valence-electron chi connectivity index (χ4n) is 6.34. The summed E-state index contributed by atoms with van der Waals surface area (Å²) in [4.78, 5) is 28.8. The van der Waals surface area contributed by atoms with Gasteiger partial charge in [-0.3, -0.25) is 14.5 Å². The predicted octanol–water partition coefficient (Wildman–Crippen LogP) is 4.38. The highest BCUT2D eigenvalue weighted by molar-refractivity contribution is 7.92. The molecule has 0 radical (unpaired) electrons. The number of carbonyl (C=O) groups is 1. The van der Waals surface area contributed by atoms with Gasteiger partial charge >= 0.3 is 0 Å². The molecule has 1 amide bonds. The maximum Gasteiger partial charge on any atom is 0.238 e. The molecule has 6 rings (SSSR count). The molecule has 4 heterocycles. The van der Waals surface area contributed by atoms with Gasteiger partial charge in [-0.2, -0.15) is 0 Å². The Hall–Kier alpha value is -4.36. The van der Waals surface area contributed by atoms with E-state index in [0.717, 1.165) is 17.5 Å². The van der Waals surface area contributed by atoms with Crippen LogP contribution in [0, 0.1) is 5.82 Å². The minimum absolute atomic E-state index is 0.0356. The highest BCUT2D eigenvalue weighted by atomic mass is 32.2. The van der Waals surface area contributed by atoms with Gasteiger partial charge in [-0.05, 0) is 31.0 Å². The lowest BCUT2D eigenvalue weighted by Crippen LogP contribution is -2.48. The monoisotopic (exact) mass is 634 g/mol. The molecule has 1 spiro atoms. The zero-order valence-corrected chi connectivity index (χ0v) is 26.5. The first-order valence-electron chi connectivity index (χ1n) is 14.7. The number of benzene rings is 1. The Morgan fingerprint density at radius 1 is 1.16 bits per heavy atom. The number of nitrogens with zero attached hydrogens (tertiary/aromatic N) is 4. The average molecular weight is 635 g/mol. The van der Waals surface area contributed by atoms with Gasteiger partial charge < -0.3 is 19.7 Å². The van der Waals surface area contributed by atoms with Gasteiger partial charge in [0, 0.05) is 71.7 Å². The number of hydrogen-bond acceptors (Lipinski definition) is 9. The minimum atomic E-state index is -3.70. The van der Waals surface area contributed by atoms with Crippen LogP contribution in [0.15, 0.2) is 48.8 Å². The fraction of sp³-hybridized carbons (Fsp3) is 0.375. The molecule has 1 aliphatic heterocycles. The summed E-state index contributed by atoms with van der Waals surface area (Å²) in [5.74, 6) is 0.0441. The van der Waals surface area contributed by atoms with Crippen molar-refractivity contribution in [2.75, 3.05) is 43.2 Å². The molecule has 0 bridgehead atoms. The third-order valence-electron chi connectivity index (χ3n) is 8.40. The van der Waals surface area contributed by atoms with E-state index in [0.29, 0.717) is 47.4 Å². The number of aromatic nitrogens is 3. The SMILES string of the molecule is COc1cccc(C2CC3(C2)C(=O)N(C)c2cnc4cc(F)c(-c5cnc(OCCNC(C)C)c(NS(C)(=O)=O)c5)cc4c23)n1. The van der Waals surface area contributed by atoms with Gasteiger partial charge in [0.1, 0.15) is 18.1 Å². The number of pyridine rings is 3. The van der Waals surface area contributed by atoms with Crippen LogP contribution in [-0.4, -0.2) is 68.9 Å². The first-order valence-corrected chi connectivity index (χ1v) is 16.6. The zero-order chi connectivity index (χ0) is 32.1.